The summed E-state index contributed by atoms with van der Waals surface area (Å²) in [5.41, 5.74) is 1.09. The Morgan fingerprint density at radius 2 is 1.69 bits per heavy atom. The van der Waals surface area contributed by atoms with Gasteiger partial charge in [0.25, 0.3) is 5.91 Å². The van der Waals surface area contributed by atoms with Crippen molar-refractivity contribution in [3.05, 3.63) is 71.4 Å². The van der Waals surface area contributed by atoms with Crippen LogP contribution in [-0.4, -0.2) is 21.9 Å². The molecule has 29 heavy (non-hydrogen) atoms. The summed E-state index contributed by atoms with van der Waals surface area (Å²) < 4.78 is 38.2. The first-order valence-corrected chi connectivity index (χ1v) is 8.95. The number of rotatable bonds is 6. The average molecular weight is 401 g/mol. The summed E-state index contributed by atoms with van der Waals surface area (Å²) in [7, 11) is 0. The van der Waals surface area contributed by atoms with Gasteiger partial charge in [-0.15, -0.1) is 0 Å². The third-order valence-corrected chi connectivity index (χ3v) is 4.31. The standard InChI is InChI=1S/C21H18F3N3O2/c1-2-3-18(28)13-6-10-16(11-7-13)26-20(29)17-12-25-27-19(17)14-4-8-15(9-5-14)21(22,23)24/h4-12H,2-3H2,1H3,(H,25,27)(H,26,29). The molecule has 3 rings (SSSR count). The minimum Gasteiger partial charge on any atom is -0.322 e. The number of alkyl halides is 3. The Hall–Kier alpha value is -3.42. The number of nitrogens with zero attached hydrogens (tertiary/aromatic N) is 1. The molecular formula is C21H18F3N3O2. The van der Waals surface area contributed by atoms with Gasteiger partial charge in [0, 0.05) is 29.4 Å². The van der Waals surface area contributed by atoms with Gasteiger partial charge < -0.3 is 5.32 Å². The number of halogens is 3. The van der Waals surface area contributed by atoms with E-state index in [1.54, 1.807) is 24.3 Å². The number of H-pyrrole nitrogens is 1. The lowest BCUT2D eigenvalue weighted by molar-refractivity contribution is -0.137. The van der Waals surface area contributed by atoms with Crippen molar-refractivity contribution in [2.45, 2.75) is 25.9 Å². The Bertz CT molecular complexity index is 1010. The summed E-state index contributed by atoms with van der Waals surface area (Å²) in [6, 6.07) is 10.9. The predicted molar refractivity (Wildman–Crippen MR) is 103 cm³/mol. The largest absolute Gasteiger partial charge is 0.416 e. The number of hydrogen-bond donors (Lipinski definition) is 2. The fraction of sp³-hybridized carbons (Fsp3) is 0.190. The van der Waals surface area contributed by atoms with Crippen molar-refractivity contribution < 1.29 is 22.8 Å². The van der Waals surface area contributed by atoms with E-state index in [9.17, 15) is 22.8 Å². The van der Waals surface area contributed by atoms with Gasteiger partial charge in [-0.2, -0.15) is 18.3 Å². The maximum absolute atomic E-state index is 12.7. The molecule has 3 aromatic rings. The zero-order chi connectivity index (χ0) is 21.0. The van der Waals surface area contributed by atoms with E-state index < -0.39 is 17.6 Å². The van der Waals surface area contributed by atoms with Crippen molar-refractivity contribution in [2.75, 3.05) is 5.32 Å². The smallest absolute Gasteiger partial charge is 0.322 e. The molecule has 0 aliphatic heterocycles. The first-order chi connectivity index (χ1) is 13.8. The molecule has 0 atom stereocenters. The van der Waals surface area contributed by atoms with Crippen LogP contribution in [0.1, 0.15) is 46.0 Å². The van der Waals surface area contributed by atoms with Crippen molar-refractivity contribution in [3.8, 4) is 11.3 Å². The second kappa shape index (κ2) is 8.30. The molecule has 1 amide bonds. The van der Waals surface area contributed by atoms with Crippen molar-refractivity contribution in [1.82, 2.24) is 10.2 Å². The molecule has 150 valence electrons. The van der Waals surface area contributed by atoms with E-state index in [-0.39, 0.29) is 17.0 Å². The van der Waals surface area contributed by atoms with E-state index in [4.69, 9.17) is 0 Å². The highest BCUT2D eigenvalue weighted by atomic mass is 19.4. The van der Waals surface area contributed by atoms with E-state index in [1.807, 2.05) is 6.92 Å². The first-order valence-electron chi connectivity index (χ1n) is 8.95. The highest BCUT2D eigenvalue weighted by molar-refractivity contribution is 6.08. The molecule has 0 aliphatic rings. The van der Waals surface area contributed by atoms with Gasteiger partial charge in [-0.3, -0.25) is 14.7 Å². The quantitative estimate of drug-likeness (QED) is 0.548. The summed E-state index contributed by atoms with van der Waals surface area (Å²) in [5.74, 6) is -0.439. The van der Waals surface area contributed by atoms with E-state index in [0.717, 1.165) is 18.6 Å². The van der Waals surface area contributed by atoms with Gasteiger partial charge in [0.2, 0.25) is 0 Å². The lowest BCUT2D eigenvalue weighted by Crippen LogP contribution is -2.12. The molecule has 0 saturated carbocycles. The number of nitrogens with one attached hydrogen (secondary N) is 2. The number of ketones is 1. The topological polar surface area (TPSA) is 74.8 Å². The maximum Gasteiger partial charge on any atom is 0.416 e. The lowest BCUT2D eigenvalue weighted by Gasteiger charge is -2.08. The first kappa shape index (κ1) is 20.3. The maximum atomic E-state index is 12.7. The number of anilines is 1. The molecule has 0 spiro atoms. The molecule has 2 N–H and O–H groups in total. The van der Waals surface area contributed by atoms with Crippen molar-refractivity contribution in [2.24, 2.45) is 0 Å². The predicted octanol–water partition coefficient (Wildman–Crippen LogP) is 5.33. The second-order valence-corrected chi connectivity index (χ2v) is 6.43. The number of hydrogen-bond acceptors (Lipinski definition) is 3. The molecule has 0 saturated heterocycles. The van der Waals surface area contributed by atoms with Crippen LogP contribution >= 0.6 is 0 Å². The van der Waals surface area contributed by atoms with Crippen LogP contribution < -0.4 is 5.32 Å². The van der Waals surface area contributed by atoms with Crippen molar-refractivity contribution in [3.63, 3.8) is 0 Å². The average Bonchev–Trinajstić information content (AvgIpc) is 3.18. The van der Waals surface area contributed by atoms with Crippen LogP contribution in [0.25, 0.3) is 11.3 Å². The molecule has 5 nitrogen and oxygen atoms in total. The van der Waals surface area contributed by atoms with Crippen LogP contribution in [0.2, 0.25) is 0 Å². The number of carbonyl (C=O) groups excluding carboxylic acids is 2. The van der Waals surface area contributed by atoms with E-state index in [0.29, 0.717) is 23.2 Å². The summed E-state index contributed by atoms with van der Waals surface area (Å²) in [4.78, 5) is 24.5. The summed E-state index contributed by atoms with van der Waals surface area (Å²) in [6.07, 6.45) is -1.85. The molecule has 8 heteroatoms. The monoisotopic (exact) mass is 401 g/mol. The van der Waals surface area contributed by atoms with E-state index >= 15 is 0 Å². The van der Waals surface area contributed by atoms with Gasteiger partial charge in [-0.1, -0.05) is 19.1 Å². The Morgan fingerprint density at radius 1 is 1.03 bits per heavy atom. The number of benzene rings is 2. The third-order valence-electron chi connectivity index (χ3n) is 4.31. The van der Waals surface area contributed by atoms with Crippen molar-refractivity contribution >= 4 is 17.4 Å². The summed E-state index contributed by atoms with van der Waals surface area (Å²) >= 11 is 0. The van der Waals surface area contributed by atoms with Crippen molar-refractivity contribution in [1.29, 1.82) is 0 Å². The lowest BCUT2D eigenvalue weighted by atomic mass is 10.0. The fourth-order valence-corrected chi connectivity index (χ4v) is 2.81. The van der Waals surface area contributed by atoms with Crippen LogP contribution in [0.5, 0.6) is 0 Å². The molecule has 1 aromatic heterocycles. The second-order valence-electron chi connectivity index (χ2n) is 6.43. The fourth-order valence-electron chi connectivity index (χ4n) is 2.81. The van der Waals surface area contributed by atoms with Crippen LogP contribution in [0, 0.1) is 0 Å². The normalized spacial score (nSPS) is 11.3. The number of aromatic nitrogens is 2. The minimum atomic E-state index is -4.44. The van der Waals surface area contributed by atoms with Crippen LogP contribution in [-0.2, 0) is 6.18 Å². The number of aromatic amines is 1. The summed E-state index contributed by atoms with van der Waals surface area (Å²) in [6.45, 7) is 1.92. The highest BCUT2D eigenvalue weighted by Gasteiger charge is 2.30. The van der Waals surface area contributed by atoms with Gasteiger partial charge in [0.1, 0.15) is 5.69 Å². The van der Waals surface area contributed by atoms with Gasteiger partial charge in [-0.05, 0) is 42.8 Å². The molecule has 0 bridgehead atoms. The molecule has 0 unspecified atom stereocenters. The number of amides is 1. The zero-order valence-electron chi connectivity index (χ0n) is 15.5. The van der Waals surface area contributed by atoms with E-state index in [1.165, 1.54) is 18.3 Å². The molecular weight excluding hydrogens is 383 g/mol. The van der Waals surface area contributed by atoms with Crippen LogP contribution in [0.3, 0.4) is 0 Å². The van der Waals surface area contributed by atoms with Crippen LogP contribution in [0.4, 0.5) is 18.9 Å². The van der Waals surface area contributed by atoms with Gasteiger partial charge >= 0.3 is 6.18 Å². The molecule has 1 heterocycles. The Balaban J connectivity index is 1.76. The number of Topliss-reactive ketones (excluding diaryl/α,β-unsaturated/α-hetero) is 1. The van der Waals surface area contributed by atoms with Gasteiger partial charge in [-0.25, -0.2) is 0 Å². The summed E-state index contributed by atoms with van der Waals surface area (Å²) in [5, 5.41) is 9.25. The molecule has 0 radical (unpaired) electrons. The van der Waals surface area contributed by atoms with Gasteiger partial charge in [0.15, 0.2) is 5.78 Å². The molecule has 2 aromatic carbocycles. The number of carbonyl (C=O) groups is 2. The Kier molecular flexibility index (Phi) is 5.81. The SMILES string of the molecule is CCCC(=O)c1ccc(NC(=O)c2c[nH]nc2-c2ccc(C(F)(F)F)cc2)cc1. The molecule has 0 aliphatic carbocycles. The van der Waals surface area contributed by atoms with E-state index in [2.05, 4.69) is 15.5 Å². The molecule has 0 fully saturated rings. The van der Waals surface area contributed by atoms with Crippen LogP contribution in [0.15, 0.2) is 54.7 Å². The van der Waals surface area contributed by atoms with Gasteiger partial charge in [0.05, 0.1) is 11.1 Å². The third kappa shape index (κ3) is 4.71. The highest BCUT2D eigenvalue weighted by Crippen LogP contribution is 2.31. The Labute approximate surface area is 165 Å². The zero-order valence-corrected chi connectivity index (χ0v) is 15.5. The Morgan fingerprint density at radius 3 is 2.28 bits per heavy atom. The minimum absolute atomic E-state index is 0.0322.